The zero-order valence-corrected chi connectivity index (χ0v) is 11.6. The molecule has 0 aliphatic heterocycles. The van der Waals surface area contributed by atoms with E-state index in [4.69, 9.17) is 15.6 Å². The summed E-state index contributed by atoms with van der Waals surface area (Å²) in [5, 5.41) is 8.55. The van der Waals surface area contributed by atoms with Crippen molar-refractivity contribution in [3.63, 3.8) is 0 Å². The molecule has 1 unspecified atom stereocenters. The van der Waals surface area contributed by atoms with Crippen molar-refractivity contribution in [2.45, 2.75) is 51.7 Å². The molecular formula is C15H23NO3. The van der Waals surface area contributed by atoms with Crippen LogP contribution in [0.25, 0.3) is 0 Å². The number of carbonyl (C=O) groups is 1. The Morgan fingerprint density at radius 2 is 1.89 bits per heavy atom. The van der Waals surface area contributed by atoms with E-state index in [2.05, 4.69) is 0 Å². The quantitative estimate of drug-likeness (QED) is 0.708. The molecule has 3 N–H and O–H groups in total. The third-order valence-corrected chi connectivity index (χ3v) is 2.84. The van der Waals surface area contributed by atoms with Gasteiger partial charge in [0.05, 0.1) is 6.10 Å². The van der Waals surface area contributed by atoms with Gasteiger partial charge in [0.2, 0.25) is 0 Å². The van der Waals surface area contributed by atoms with Gasteiger partial charge in [-0.2, -0.15) is 0 Å². The minimum absolute atomic E-state index is 0.0399. The monoisotopic (exact) mass is 265 g/mol. The van der Waals surface area contributed by atoms with Crippen LogP contribution in [-0.4, -0.2) is 17.2 Å². The summed E-state index contributed by atoms with van der Waals surface area (Å²) in [6.45, 7) is 3.98. The number of hydrogen-bond donors (Lipinski definition) is 2. The van der Waals surface area contributed by atoms with E-state index in [0.717, 1.165) is 24.2 Å². The fraction of sp³-hybridized carbons (Fsp3) is 0.533. The Kier molecular flexibility index (Phi) is 6.36. The summed E-state index contributed by atoms with van der Waals surface area (Å²) in [6.07, 6.45) is 2.69. The van der Waals surface area contributed by atoms with Crippen molar-refractivity contribution in [2.75, 3.05) is 0 Å². The van der Waals surface area contributed by atoms with Crippen LogP contribution in [0.3, 0.4) is 0 Å². The number of aliphatic carboxylic acids is 1. The first-order valence-corrected chi connectivity index (χ1v) is 6.73. The van der Waals surface area contributed by atoms with E-state index < -0.39 is 5.97 Å². The van der Waals surface area contributed by atoms with Crippen molar-refractivity contribution in [3.8, 4) is 5.75 Å². The Morgan fingerprint density at radius 3 is 2.42 bits per heavy atom. The molecule has 0 amide bonds. The molecule has 19 heavy (non-hydrogen) atoms. The lowest BCUT2D eigenvalue weighted by Gasteiger charge is -2.14. The summed E-state index contributed by atoms with van der Waals surface area (Å²) in [7, 11) is 0. The maximum Gasteiger partial charge on any atom is 0.303 e. The summed E-state index contributed by atoms with van der Waals surface area (Å²) >= 11 is 0. The summed E-state index contributed by atoms with van der Waals surface area (Å²) in [6, 6.07) is 7.75. The lowest BCUT2D eigenvalue weighted by atomic mass is 10.0. The molecular weight excluding hydrogens is 242 g/mol. The first-order valence-electron chi connectivity index (χ1n) is 6.73. The van der Waals surface area contributed by atoms with Gasteiger partial charge in [-0.25, -0.2) is 0 Å². The van der Waals surface area contributed by atoms with E-state index in [1.807, 2.05) is 38.1 Å². The van der Waals surface area contributed by atoms with E-state index in [0.29, 0.717) is 6.42 Å². The number of nitrogens with two attached hydrogens (primary N) is 1. The summed E-state index contributed by atoms with van der Waals surface area (Å²) in [4.78, 5) is 10.4. The van der Waals surface area contributed by atoms with Gasteiger partial charge in [-0.3, -0.25) is 4.79 Å². The molecule has 4 heteroatoms. The Balaban J connectivity index is 2.39. The van der Waals surface area contributed by atoms with Crippen LogP contribution < -0.4 is 10.5 Å². The first-order chi connectivity index (χ1) is 8.99. The Bertz CT molecular complexity index is 387. The largest absolute Gasteiger partial charge is 0.491 e. The number of hydrogen-bond acceptors (Lipinski definition) is 3. The van der Waals surface area contributed by atoms with Crippen LogP contribution in [0.4, 0.5) is 0 Å². The Labute approximate surface area is 114 Å². The van der Waals surface area contributed by atoms with Crippen molar-refractivity contribution in [3.05, 3.63) is 29.8 Å². The molecule has 0 heterocycles. The lowest BCUT2D eigenvalue weighted by Crippen LogP contribution is -2.11. The molecule has 1 rings (SSSR count). The number of benzene rings is 1. The highest BCUT2D eigenvalue weighted by molar-refractivity contribution is 5.66. The average Bonchev–Trinajstić information content (AvgIpc) is 2.34. The molecule has 0 bridgehead atoms. The number of unbranched alkanes of at least 4 members (excludes halogenated alkanes) is 1. The predicted octanol–water partition coefficient (Wildman–Crippen LogP) is 3.12. The van der Waals surface area contributed by atoms with Crippen molar-refractivity contribution in [1.29, 1.82) is 0 Å². The lowest BCUT2D eigenvalue weighted by molar-refractivity contribution is -0.137. The van der Waals surface area contributed by atoms with E-state index in [9.17, 15) is 4.79 Å². The second-order valence-electron chi connectivity index (χ2n) is 4.98. The zero-order valence-electron chi connectivity index (χ0n) is 11.6. The molecule has 0 saturated heterocycles. The van der Waals surface area contributed by atoms with E-state index >= 15 is 0 Å². The molecule has 1 aromatic carbocycles. The topological polar surface area (TPSA) is 72.5 Å². The molecule has 0 spiro atoms. The van der Waals surface area contributed by atoms with E-state index in [-0.39, 0.29) is 18.6 Å². The molecule has 1 aromatic rings. The highest BCUT2D eigenvalue weighted by atomic mass is 16.5. The predicted molar refractivity (Wildman–Crippen MR) is 75.2 cm³/mol. The molecule has 0 aliphatic rings. The maximum absolute atomic E-state index is 10.4. The normalized spacial score (nSPS) is 12.4. The average molecular weight is 265 g/mol. The van der Waals surface area contributed by atoms with Crippen LogP contribution in [-0.2, 0) is 4.79 Å². The van der Waals surface area contributed by atoms with Crippen LogP contribution in [0, 0.1) is 0 Å². The molecule has 4 nitrogen and oxygen atoms in total. The van der Waals surface area contributed by atoms with Crippen molar-refractivity contribution in [1.82, 2.24) is 0 Å². The van der Waals surface area contributed by atoms with Crippen LogP contribution in [0.15, 0.2) is 24.3 Å². The highest BCUT2D eigenvalue weighted by Crippen LogP contribution is 2.21. The highest BCUT2D eigenvalue weighted by Gasteiger charge is 2.07. The molecule has 0 fully saturated rings. The summed E-state index contributed by atoms with van der Waals surface area (Å²) in [5.74, 6) is 0.0978. The SMILES string of the molecule is CC(C)Oc1ccc(C(N)CCCCC(=O)O)cc1. The van der Waals surface area contributed by atoms with Crippen molar-refractivity contribution >= 4 is 5.97 Å². The summed E-state index contributed by atoms with van der Waals surface area (Å²) in [5.41, 5.74) is 7.14. The minimum Gasteiger partial charge on any atom is -0.491 e. The van der Waals surface area contributed by atoms with Crippen LogP contribution in [0.5, 0.6) is 5.75 Å². The van der Waals surface area contributed by atoms with Crippen LogP contribution in [0.1, 0.15) is 51.1 Å². The maximum atomic E-state index is 10.4. The first kappa shape index (κ1) is 15.5. The fourth-order valence-corrected chi connectivity index (χ4v) is 1.87. The second kappa shape index (κ2) is 7.79. The zero-order chi connectivity index (χ0) is 14.3. The Morgan fingerprint density at radius 1 is 1.26 bits per heavy atom. The molecule has 1 atom stereocenters. The summed E-state index contributed by atoms with van der Waals surface area (Å²) < 4.78 is 5.57. The molecule has 0 radical (unpaired) electrons. The van der Waals surface area contributed by atoms with E-state index in [1.165, 1.54) is 0 Å². The molecule has 0 aromatic heterocycles. The van der Waals surface area contributed by atoms with E-state index in [1.54, 1.807) is 0 Å². The van der Waals surface area contributed by atoms with Crippen molar-refractivity contribution < 1.29 is 14.6 Å². The third kappa shape index (κ3) is 6.25. The fourth-order valence-electron chi connectivity index (χ4n) is 1.87. The van der Waals surface area contributed by atoms with Gasteiger partial charge in [0.25, 0.3) is 0 Å². The van der Waals surface area contributed by atoms with Gasteiger partial charge in [-0.15, -0.1) is 0 Å². The van der Waals surface area contributed by atoms with Gasteiger partial charge in [0.1, 0.15) is 5.75 Å². The van der Waals surface area contributed by atoms with Crippen LogP contribution in [0.2, 0.25) is 0 Å². The van der Waals surface area contributed by atoms with Gasteiger partial charge >= 0.3 is 5.97 Å². The van der Waals surface area contributed by atoms with Gasteiger partial charge in [0, 0.05) is 12.5 Å². The van der Waals surface area contributed by atoms with Gasteiger partial charge in [-0.1, -0.05) is 18.6 Å². The number of ether oxygens (including phenoxy) is 1. The standard InChI is InChI=1S/C15H23NO3/c1-11(2)19-13-9-7-12(8-10-13)14(16)5-3-4-6-15(17)18/h7-11,14H,3-6,16H2,1-2H3,(H,17,18). The van der Waals surface area contributed by atoms with Gasteiger partial charge in [-0.05, 0) is 44.4 Å². The number of carboxylic acids is 1. The third-order valence-electron chi connectivity index (χ3n) is 2.84. The molecule has 106 valence electrons. The number of rotatable bonds is 8. The Hall–Kier alpha value is -1.55. The van der Waals surface area contributed by atoms with Gasteiger partial charge in [0.15, 0.2) is 0 Å². The smallest absolute Gasteiger partial charge is 0.303 e. The molecule has 0 aliphatic carbocycles. The molecule has 0 saturated carbocycles. The number of carboxylic acid groups (broad SMARTS) is 1. The van der Waals surface area contributed by atoms with Gasteiger partial charge < -0.3 is 15.6 Å². The second-order valence-corrected chi connectivity index (χ2v) is 4.98. The minimum atomic E-state index is -0.747. The van der Waals surface area contributed by atoms with Crippen LogP contribution >= 0.6 is 0 Å². The van der Waals surface area contributed by atoms with Crippen molar-refractivity contribution in [2.24, 2.45) is 5.73 Å².